The van der Waals surface area contributed by atoms with Crippen molar-refractivity contribution in [3.63, 3.8) is 0 Å². The van der Waals surface area contributed by atoms with Crippen LogP contribution in [0.1, 0.15) is 52.7 Å². The third-order valence-electron chi connectivity index (χ3n) is 8.34. The van der Waals surface area contributed by atoms with Crippen LogP contribution >= 0.6 is 11.8 Å². The summed E-state index contributed by atoms with van der Waals surface area (Å²) in [5, 5.41) is 19.2. The molecule has 0 atom stereocenters. The van der Waals surface area contributed by atoms with Gasteiger partial charge >= 0.3 is 0 Å². The van der Waals surface area contributed by atoms with Gasteiger partial charge in [0.2, 0.25) is 0 Å². The summed E-state index contributed by atoms with van der Waals surface area (Å²) < 4.78 is 0. The molecule has 0 fully saturated rings. The van der Waals surface area contributed by atoms with Gasteiger partial charge in [-0.05, 0) is 58.3 Å². The van der Waals surface area contributed by atoms with Crippen molar-refractivity contribution in [3.05, 3.63) is 95.9 Å². The number of nitrogens with zero attached hydrogens (tertiary/aromatic N) is 2. The first kappa shape index (κ1) is 32.8. The van der Waals surface area contributed by atoms with Crippen molar-refractivity contribution in [2.75, 3.05) is 0 Å². The van der Waals surface area contributed by atoms with E-state index in [4.69, 9.17) is 9.97 Å². The predicted octanol–water partition coefficient (Wildman–Crippen LogP) is 10.7. The summed E-state index contributed by atoms with van der Waals surface area (Å²) in [7, 11) is 0. The molecule has 231 valence electrons. The maximum Gasteiger partial charge on any atom is 0.164 e. The van der Waals surface area contributed by atoms with Gasteiger partial charge in [-0.3, -0.25) is 9.78 Å². The van der Waals surface area contributed by atoms with Crippen molar-refractivity contribution >= 4 is 60.8 Å². The third kappa shape index (κ3) is 6.04. The fourth-order valence-electron chi connectivity index (χ4n) is 5.38. The Bertz CT molecular complexity index is 2170. The molecular weight excluding hydrogens is 753 g/mol. The molecule has 0 unspecified atom stereocenters. The monoisotopic (exact) mass is 790 g/mol. The summed E-state index contributed by atoms with van der Waals surface area (Å²) in [6.45, 7) is 15.4. The summed E-state index contributed by atoms with van der Waals surface area (Å²) in [5.74, 6) is 0.104. The Kier molecular flexibility index (Phi) is 8.74. The number of fused-ring (bicyclic) bond motifs is 7. The molecule has 0 aliphatic carbocycles. The first-order chi connectivity index (χ1) is 20.7. The Morgan fingerprint density at radius 1 is 0.867 bits per heavy atom. The van der Waals surface area contributed by atoms with Crippen molar-refractivity contribution in [1.29, 1.82) is 0 Å². The predicted molar refractivity (Wildman–Crippen MR) is 185 cm³/mol. The van der Waals surface area contributed by atoms with E-state index in [2.05, 4.69) is 80.6 Å². The molecule has 1 aliphatic rings. The van der Waals surface area contributed by atoms with Crippen LogP contribution in [0.2, 0.25) is 0 Å². The minimum absolute atomic E-state index is 0. The Balaban J connectivity index is 0.000000246. The van der Waals surface area contributed by atoms with E-state index in [9.17, 15) is 9.90 Å². The van der Waals surface area contributed by atoms with E-state index in [1.807, 2.05) is 47.7 Å². The van der Waals surface area contributed by atoms with Crippen molar-refractivity contribution in [2.45, 2.75) is 65.3 Å². The fourth-order valence-corrected chi connectivity index (χ4v) is 6.46. The van der Waals surface area contributed by atoms with E-state index in [1.54, 1.807) is 11.8 Å². The van der Waals surface area contributed by atoms with E-state index >= 15 is 0 Å². The average molecular weight is 790 g/mol. The molecule has 0 saturated carbocycles. The number of pyridine rings is 2. The molecule has 1 N–H and O–H groups in total. The number of hydrogen-bond donors (Lipinski definition) is 1. The van der Waals surface area contributed by atoms with Gasteiger partial charge in [-0.2, -0.15) is 0 Å². The van der Waals surface area contributed by atoms with Crippen molar-refractivity contribution < 1.29 is 30.0 Å². The molecular formula is C39H37IrN2O2S-. The van der Waals surface area contributed by atoms with E-state index in [0.717, 1.165) is 27.2 Å². The smallest absolute Gasteiger partial charge is 0.164 e. The second kappa shape index (κ2) is 12.0. The Hall–Kier alpha value is -3.57. The van der Waals surface area contributed by atoms with E-state index in [-0.39, 0.29) is 37.1 Å². The minimum Gasteiger partial charge on any atom is -0.512 e. The fraction of sp³-hybridized carbons (Fsp3) is 0.256. The van der Waals surface area contributed by atoms with Gasteiger partial charge in [-0.1, -0.05) is 106 Å². The number of carbonyl (C=O) groups excluding carboxylic acids is 1. The van der Waals surface area contributed by atoms with Crippen LogP contribution in [0.4, 0.5) is 0 Å². The normalized spacial score (nSPS) is 12.9. The molecule has 1 radical (unpaired) electrons. The number of aryl methyl sites for hydroxylation is 2. The van der Waals surface area contributed by atoms with Crippen LogP contribution in [0, 0.1) is 30.7 Å². The molecule has 45 heavy (non-hydrogen) atoms. The second-order valence-corrected chi connectivity index (χ2v) is 14.7. The summed E-state index contributed by atoms with van der Waals surface area (Å²) in [4.78, 5) is 22.6. The number of hydrogen-bond acceptors (Lipinski definition) is 5. The number of benzene rings is 4. The maximum atomic E-state index is 11.5. The molecule has 6 heteroatoms. The largest absolute Gasteiger partial charge is 0.512 e. The van der Waals surface area contributed by atoms with Crippen LogP contribution < -0.4 is 0 Å². The molecule has 3 heterocycles. The first-order valence-corrected chi connectivity index (χ1v) is 15.8. The van der Waals surface area contributed by atoms with Crippen LogP contribution in [-0.4, -0.2) is 20.9 Å². The maximum absolute atomic E-state index is 11.5. The van der Waals surface area contributed by atoms with Gasteiger partial charge in [0.15, 0.2) is 5.78 Å². The van der Waals surface area contributed by atoms with Gasteiger partial charge in [0.05, 0.1) is 0 Å². The van der Waals surface area contributed by atoms with Gasteiger partial charge in [-0.15, -0.1) is 23.9 Å². The molecule has 2 aromatic heterocycles. The second-order valence-electron chi connectivity index (χ2n) is 13.7. The van der Waals surface area contributed by atoms with Crippen LogP contribution in [0.15, 0.2) is 88.6 Å². The summed E-state index contributed by atoms with van der Waals surface area (Å²) in [6, 6.07) is 25.5. The number of rotatable bonds is 1. The van der Waals surface area contributed by atoms with Crippen molar-refractivity contribution in [3.8, 4) is 11.3 Å². The zero-order chi connectivity index (χ0) is 31.6. The first-order valence-electron chi connectivity index (χ1n) is 14.9. The number of allylic oxidation sites excluding steroid dienone is 2. The van der Waals surface area contributed by atoms with E-state index in [0.29, 0.717) is 0 Å². The van der Waals surface area contributed by atoms with Gasteiger partial charge in [0.1, 0.15) is 5.76 Å². The summed E-state index contributed by atoms with van der Waals surface area (Å²) >= 11 is 1.75. The molecule has 7 rings (SSSR count). The molecule has 0 spiro atoms. The zero-order valence-corrected chi connectivity index (χ0v) is 30.1. The van der Waals surface area contributed by atoms with Gasteiger partial charge in [0, 0.05) is 64.3 Å². The number of aromatic nitrogens is 2. The Morgan fingerprint density at radius 3 is 2.31 bits per heavy atom. The van der Waals surface area contributed by atoms with E-state index in [1.165, 1.54) is 54.4 Å². The van der Waals surface area contributed by atoms with Gasteiger partial charge in [0.25, 0.3) is 0 Å². The standard InChI is InChI=1S/C28H17N2S.C11H20O2.Ir/c1-15-7-8-18-13-23-27-25-21(11-12-29-27)20-10-9-17-5-3-4-6-19(17)22(20)14-24(25)31-28(23)30-26(18)16(15)2;1-10(2,3)8(12)7-9(13)11(4,5)6;/h3-12,14H,1-2H3;7,12H,1-6H3;/q-1;;/b;8-7-;. The minimum atomic E-state index is -0.417. The molecule has 4 nitrogen and oxygen atoms in total. The number of ketones is 1. The van der Waals surface area contributed by atoms with Gasteiger partial charge in [-0.25, -0.2) is 0 Å². The summed E-state index contributed by atoms with van der Waals surface area (Å²) in [6.07, 6.45) is 3.26. The molecule has 4 aromatic carbocycles. The molecule has 0 amide bonds. The Morgan fingerprint density at radius 2 is 1.60 bits per heavy atom. The number of aliphatic hydroxyl groups is 1. The third-order valence-corrected chi connectivity index (χ3v) is 9.37. The van der Waals surface area contributed by atoms with Crippen molar-refractivity contribution in [1.82, 2.24) is 9.97 Å². The molecule has 1 aliphatic heterocycles. The molecule has 0 saturated heterocycles. The SMILES string of the molecule is CC(C)(C)C(=O)/C=C(\O)C(C)(C)C.Cc1ccc2[c-]c3c(nc2c1C)Sc1cc2c4ccccc4ccc2c2ccnc-3c12.[Ir]. The van der Waals surface area contributed by atoms with E-state index < -0.39 is 5.41 Å². The topological polar surface area (TPSA) is 63.1 Å². The summed E-state index contributed by atoms with van der Waals surface area (Å²) in [5.41, 5.74) is 4.75. The Labute approximate surface area is 282 Å². The quantitative estimate of drug-likeness (QED) is 0.0777. The van der Waals surface area contributed by atoms with Gasteiger partial charge < -0.3 is 10.1 Å². The average Bonchev–Trinajstić information content (AvgIpc) is 2.98. The van der Waals surface area contributed by atoms with Crippen LogP contribution in [-0.2, 0) is 24.9 Å². The van der Waals surface area contributed by atoms with Crippen molar-refractivity contribution in [2.24, 2.45) is 10.8 Å². The van der Waals surface area contributed by atoms with Crippen LogP contribution in [0.25, 0.3) is 54.5 Å². The number of aliphatic hydroxyl groups excluding tert-OH is 1. The molecule has 6 aromatic rings. The van der Waals surface area contributed by atoms with Crippen LogP contribution in [0.3, 0.4) is 0 Å². The zero-order valence-electron chi connectivity index (χ0n) is 26.9. The number of carbonyl (C=O) groups is 1. The van der Waals surface area contributed by atoms with Crippen LogP contribution in [0.5, 0.6) is 0 Å². The molecule has 0 bridgehead atoms.